The summed E-state index contributed by atoms with van der Waals surface area (Å²) in [6, 6.07) is 8.50. The van der Waals surface area contributed by atoms with Gasteiger partial charge in [-0.05, 0) is 36.8 Å². The second-order valence-corrected chi connectivity index (χ2v) is 6.07. The van der Waals surface area contributed by atoms with Crippen LogP contribution in [0.1, 0.15) is 44.7 Å². The molecule has 20 heavy (non-hydrogen) atoms. The molecule has 0 saturated heterocycles. The number of benzene rings is 1. The van der Waals surface area contributed by atoms with E-state index in [4.69, 9.17) is 0 Å². The third-order valence-corrected chi connectivity index (χ3v) is 4.24. The lowest BCUT2D eigenvalue weighted by Crippen LogP contribution is -2.50. The molecule has 3 atom stereocenters. The predicted molar refractivity (Wildman–Crippen MR) is 82.5 cm³/mol. The van der Waals surface area contributed by atoms with Gasteiger partial charge in [0.2, 0.25) is 5.91 Å². The van der Waals surface area contributed by atoms with Gasteiger partial charge in [0.1, 0.15) is 0 Å². The monoisotopic (exact) mass is 274 g/mol. The minimum absolute atomic E-state index is 0.0933. The van der Waals surface area contributed by atoms with Crippen molar-refractivity contribution in [2.24, 2.45) is 5.92 Å². The summed E-state index contributed by atoms with van der Waals surface area (Å²) in [5.74, 6) is 0.792. The largest absolute Gasteiger partial charge is 0.352 e. The molecule has 0 bridgehead atoms. The van der Waals surface area contributed by atoms with Crippen LogP contribution in [0.5, 0.6) is 0 Å². The molecule has 1 aliphatic heterocycles. The van der Waals surface area contributed by atoms with E-state index in [0.717, 1.165) is 25.8 Å². The van der Waals surface area contributed by atoms with E-state index in [1.54, 1.807) is 0 Å². The van der Waals surface area contributed by atoms with Gasteiger partial charge in [-0.3, -0.25) is 4.79 Å². The quantitative estimate of drug-likeness (QED) is 0.866. The molecule has 0 aromatic heterocycles. The molecule has 1 aromatic rings. The zero-order valence-electron chi connectivity index (χ0n) is 12.8. The van der Waals surface area contributed by atoms with E-state index in [0.29, 0.717) is 5.92 Å². The summed E-state index contributed by atoms with van der Waals surface area (Å²) >= 11 is 0. The van der Waals surface area contributed by atoms with Crippen LogP contribution in [-0.2, 0) is 17.8 Å². The van der Waals surface area contributed by atoms with E-state index in [-0.39, 0.29) is 18.0 Å². The van der Waals surface area contributed by atoms with E-state index in [9.17, 15) is 4.79 Å². The van der Waals surface area contributed by atoms with Crippen LogP contribution in [0.25, 0.3) is 0 Å². The van der Waals surface area contributed by atoms with E-state index in [2.05, 4.69) is 49.6 Å². The Labute approximate surface area is 122 Å². The molecule has 0 fully saturated rings. The van der Waals surface area contributed by atoms with Crippen LogP contribution in [0.2, 0.25) is 0 Å². The fourth-order valence-electron chi connectivity index (χ4n) is 2.81. The highest BCUT2D eigenvalue weighted by atomic mass is 16.2. The van der Waals surface area contributed by atoms with Crippen LogP contribution in [0.3, 0.4) is 0 Å². The average molecular weight is 274 g/mol. The number of nitrogens with one attached hydrogen (secondary N) is 2. The average Bonchev–Trinajstić information content (AvgIpc) is 2.46. The predicted octanol–water partition coefficient (Wildman–Crippen LogP) is 2.64. The number of rotatable bonds is 5. The normalized spacial score (nSPS) is 20.9. The molecule has 1 heterocycles. The first-order valence-corrected chi connectivity index (χ1v) is 7.70. The van der Waals surface area contributed by atoms with Gasteiger partial charge in [0.15, 0.2) is 0 Å². The molecule has 1 aliphatic rings. The van der Waals surface area contributed by atoms with Crippen molar-refractivity contribution in [2.75, 3.05) is 0 Å². The van der Waals surface area contributed by atoms with Crippen molar-refractivity contribution in [1.29, 1.82) is 0 Å². The lowest BCUT2D eigenvalue weighted by atomic mass is 9.95. The molecular formula is C17H26N2O. The zero-order valence-corrected chi connectivity index (χ0v) is 12.8. The maximum absolute atomic E-state index is 12.3. The van der Waals surface area contributed by atoms with Gasteiger partial charge in [-0.1, -0.05) is 44.5 Å². The van der Waals surface area contributed by atoms with Crippen LogP contribution in [0.15, 0.2) is 24.3 Å². The van der Waals surface area contributed by atoms with Gasteiger partial charge in [0.25, 0.3) is 0 Å². The molecule has 0 spiro atoms. The number of hydrogen-bond acceptors (Lipinski definition) is 2. The van der Waals surface area contributed by atoms with Gasteiger partial charge in [0, 0.05) is 12.6 Å². The molecule has 0 radical (unpaired) electrons. The second kappa shape index (κ2) is 6.89. The minimum Gasteiger partial charge on any atom is -0.352 e. The van der Waals surface area contributed by atoms with E-state index < -0.39 is 0 Å². The molecule has 0 aliphatic carbocycles. The summed E-state index contributed by atoms with van der Waals surface area (Å²) in [6.45, 7) is 7.31. The number of carbonyl (C=O) groups is 1. The number of amides is 1. The maximum atomic E-state index is 12.3. The minimum atomic E-state index is -0.0933. The first-order chi connectivity index (χ1) is 9.60. The fraction of sp³-hybridized carbons (Fsp3) is 0.588. The second-order valence-electron chi connectivity index (χ2n) is 6.07. The van der Waals surface area contributed by atoms with Crippen LogP contribution in [0, 0.1) is 5.92 Å². The molecule has 3 nitrogen and oxygen atoms in total. The Morgan fingerprint density at radius 1 is 1.35 bits per heavy atom. The Balaban J connectivity index is 1.88. The van der Waals surface area contributed by atoms with Gasteiger partial charge < -0.3 is 10.6 Å². The standard InChI is InChI=1S/C17H26N2O/c1-4-12(2)9-13(3)19-17(20)16-10-14-7-5-6-8-15(14)11-18-16/h5-8,12-13,16,18H,4,9-11H2,1-3H3,(H,19,20)/t12?,13?,16-/m1/s1. The van der Waals surface area contributed by atoms with Crippen molar-refractivity contribution in [3.63, 3.8) is 0 Å². The van der Waals surface area contributed by atoms with Gasteiger partial charge in [0.05, 0.1) is 6.04 Å². The summed E-state index contributed by atoms with van der Waals surface area (Å²) in [5, 5.41) is 6.48. The summed E-state index contributed by atoms with van der Waals surface area (Å²) < 4.78 is 0. The van der Waals surface area contributed by atoms with Crippen molar-refractivity contribution < 1.29 is 4.79 Å². The first-order valence-electron chi connectivity index (χ1n) is 7.70. The summed E-state index contributed by atoms with van der Waals surface area (Å²) in [7, 11) is 0. The molecular weight excluding hydrogens is 248 g/mol. The molecule has 0 saturated carbocycles. The van der Waals surface area contributed by atoms with Gasteiger partial charge >= 0.3 is 0 Å². The highest BCUT2D eigenvalue weighted by Gasteiger charge is 2.24. The van der Waals surface area contributed by atoms with Crippen molar-refractivity contribution in [3.8, 4) is 0 Å². The van der Waals surface area contributed by atoms with Crippen molar-refractivity contribution in [2.45, 2.75) is 58.7 Å². The summed E-state index contributed by atoms with van der Waals surface area (Å²) in [4.78, 5) is 12.3. The topological polar surface area (TPSA) is 41.1 Å². The fourth-order valence-corrected chi connectivity index (χ4v) is 2.81. The lowest BCUT2D eigenvalue weighted by Gasteiger charge is -2.27. The SMILES string of the molecule is CCC(C)CC(C)NC(=O)[C@H]1Cc2ccccc2CN1. The zero-order chi connectivity index (χ0) is 14.5. The van der Waals surface area contributed by atoms with E-state index in [1.807, 2.05) is 6.07 Å². The Bertz CT molecular complexity index is 458. The summed E-state index contributed by atoms with van der Waals surface area (Å²) in [5.41, 5.74) is 2.60. The molecule has 2 unspecified atom stereocenters. The van der Waals surface area contributed by atoms with Crippen LogP contribution in [0.4, 0.5) is 0 Å². The van der Waals surface area contributed by atoms with Crippen LogP contribution < -0.4 is 10.6 Å². The number of carbonyl (C=O) groups excluding carboxylic acids is 1. The van der Waals surface area contributed by atoms with E-state index in [1.165, 1.54) is 11.1 Å². The molecule has 110 valence electrons. The number of hydrogen-bond donors (Lipinski definition) is 2. The first kappa shape index (κ1) is 15.0. The van der Waals surface area contributed by atoms with Crippen LogP contribution >= 0.6 is 0 Å². The molecule has 2 rings (SSSR count). The smallest absolute Gasteiger partial charge is 0.237 e. The van der Waals surface area contributed by atoms with Gasteiger partial charge in [-0.25, -0.2) is 0 Å². The lowest BCUT2D eigenvalue weighted by molar-refractivity contribution is -0.124. The van der Waals surface area contributed by atoms with E-state index >= 15 is 0 Å². The Kier molecular flexibility index (Phi) is 5.18. The Morgan fingerprint density at radius 3 is 2.75 bits per heavy atom. The third-order valence-electron chi connectivity index (χ3n) is 4.24. The van der Waals surface area contributed by atoms with Crippen molar-refractivity contribution in [1.82, 2.24) is 10.6 Å². The van der Waals surface area contributed by atoms with Gasteiger partial charge in [-0.15, -0.1) is 0 Å². The van der Waals surface area contributed by atoms with Crippen molar-refractivity contribution in [3.05, 3.63) is 35.4 Å². The van der Waals surface area contributed by atoms with Crippen molar-refractivity contribution >= 4 is 5.91 Å². The molecule has 1 aromatic carbocycles. The third kappa shape index (κ3) is 3.83. The highest BCUT2D eigenvalue weighted by molar-refractivity contribution is 5.82. The summed E-state index contributed by atoms with van der Waals surface area (Å²) in [6.07, 6.45) is 3.00. The Hall–Kier alpha value is -1.35. The van der Waals surface area contributed by atoms with Crippen LogP contribution in [-0.4, -0.2) is 18.0 Å². The molecule has 3 heteroatoms. The Morgan fingerprint density at radius 2 is 2.05 bits per heavy atom. The highest BCUT2D eigenvalue weighted by Crippen LogP contribution is 2.16. The molecule has 1 amide bonds. The maximum Gasteiger partial charge on any atom is 0.237 e. The van der Waals surface area contributed by atoms with Gasteiger partial charge in [-0.2, -0.15) is 0 Å². The molecule has 2 N–H and O–H groups in total. The number of fused-ring (bicyclic) bond motifs is 1.